The first-order valence-electron chi connectivity index (χ1n) is 12.3. The van der Waals surface area contributed by atoms with Crippen molar-refractivity contribution in [2.24, 2.45) is 22.6 Å². The Labute approximate surface area is 216 Å². The molecule has 4 unspecified atom stereocenters. The lowest BCUT2D eigenvalue weighted by Gasteiger charge is -2.38. The summed E-state index contributed by atoms with van der Waals surface area (Å²) in [5.74, 6) is 0.392. The number of fused-ring (bicyclic) bond motifs is 1. The highest BCUT2D eigenvalue weighted by Crippen LogP contribution is 2.51. The van der Waals surface area contributed by atoms with Crippen LogP contribution in [0.3, 0.4) is 0 Å². The second-order valence-electron chi connectivity index (χ2n) is 11.3. The molecule has 0 saturated heterocycles. The quantitative estimate of drug-likeness (QED) is 0.629. The topological polar surface area (TPSA) is 110 Å². The molecule has 9 heteroatoms. The van der Waals surface area contributed by atoms with Crippen molar-refractivity contribution in [2.75, 3.05) is 0 Å². The van der Waals surface area contributed by atoms with E-state index in [9.17, 15) is 9.59 Å². The Morgan fingerprint density at radius 3 is 2.75 bits per heavy atom. The molecule has 0 radical (unpaired) electrons. The first-order chi connectivity index (χ1) is 16.9. The van der Waals surface area contributed by atoms with E-state index in [1.807, 2.05) is 52.0 Å². The number of nitrogens with two attached hydrogens (primary N) is 1. The summed E-state index contributed by atoms with van der Waals surface area (Å²) in [6.45, 7) is 7.78. The van der Waals surface area contributed by atoms with Crippen molar-refractivity contribution in [1.29, 1.82) is 0 Å². The van der Waals surface area contributed by atoms with Crippen LogP contribution < -0.4 is 15.8 Å². The van der Waals surface area contributed by atoms with E-state index < -0.39 is 17.2 Å². The normalized spacial score (nSPS) is 26.8. The van der Waals surface area contributed by atoms with Gasteiger partial charge in [0.25, 0.3) is 0 Å². The number of carbonyl (C=O) groups is 2. The molecule has 1 aliphatic carbocycles. The summed E-state index contributed by atoms with van der Waals surface area (Å²) in [5.41, 5.74) is 7.08. The van der Waals surface area contributed by atoms with E-state index in [-0.39, 0.29) is 42.1 Å². The van der Waals surface area contributed by atoms with Gasteiger partial charge in [0.2, 0.25) is 11.8 Å². The molecule has 190 valence electrons. The smallest absolute Gasteiger partial charge is 0.232 e. The second-order valence-corrected chi connectivity index (χ2v) is 11.7. The fourth-order valence-corrected chi connectivity index (χ4v) is 5.68. The SMILES string of the molecule is CC1(C)CC(=O)N(C(c2cccnc2)C2CC2C(=O)NC2CC(C)(C)Oc3cc(Cl)ccc32)C(N)=N1. The maximum Gasteiger partial charge on any atom is 0.232 e. The highest BCUT2D eigenvalue weighted by Gasteiger charge is 2.53. The largest absolute Gasteiger partial charge is 0.487 e. The zero-order valence-electron chi connectivity index (χ0n) is 21.0. The number of pyridine rings is 1. The molecule has 2 aliphatic heterocycles. The monoisotopic (exact) mass is 509 g/mol. The number of benzene rings is 1. The van der Waals surface area contributed by atoms with Crippen molar-refractivity contribution in [3.63, 3.8) is 0 Å². The van der Waals surface area contributed by atoms with Gasteiger partial charge in [0.05, 0.1) is 24.0 Å². The van der Waals surface area contributed by atoms with Gasteiger partial charge in [-0.25, -0.2) is 4.99 Å². The molecular weight excluding hydrogens is 478 g/mol. The summed E-state index contributed by atoms with van der Waals surface area (Å²) in [5, 5.41) is 3.83. The van der Waals surface area contributed by atoms with Crippen LogP contribution in [0.4, 0.5) is 0 Å². The number of rotatable bonds is 5. The summed E-state index contributed by atoms with van der Waals surface area (Å²) in [4.78, 5) is 37.1. The fourth-order valence-electron chi connectivity index (χ4n) is 5.52. The van der Waals surface area contributed by atoms with Crippen LogP contribution >= 0.6 is 11.6 Å². The molecule has 0 spiro atoms. The minimum atomic E-state index is -0.552. The Bertz CT molecular complexity index is 1230. The molecule has 4 atom stereocenters. The van der Waals surface area contributed by atoms with Crippen LogP contribution in [0, 0.1) is 11.8 Å². The van der Waals surface area contributed by atoms with Gasteiger partial charge in [0.1, 0.15) is 11.4 Å². The van der Waals surface area contributed by atoms with Crippen LogP contribution in [0.1, 0.15) is 70.2 Å². The number of guanidine groups is 1. The van der Waals surface area contributed by atoms with E-state index in [4.69, 9.17) is 22.1 Å². The van der Waals surface area contributed by atoms with Crippen molar-refractivity contribution in [3.8, 4) is 5.75 Å². The second kappa shape index (κ2) is 8.76. The van der Waals surface area contributed by atoms with Crippen LogP contribution in [-0.2, 0) is 9.59 Å². The van der Waals surface area contributed by atoms with Gasteiger partial charge in [-0.05, 0) is 63.8 Å². The van der Waals surface area contributed by atoms with E-state index in [1.165, 1.54) is 0 Å². The van der Waals surface area contributed by atoms with E-state index in [1.54, 1.807) is 23.4 Å². The summed E-state index contributed by atoms with van der Waals surface area (Å²) in [7, 11) is 0. The van der Waals surface area contributed by atoms with Gasteiger partial charge >= 0.3 is 0 Å². The van der Waals surface area contributed by atoms with Gasteiger partial charge in [0.15, 0.2) is 5.96 Å². The Balaban J connectivity index is 1.39. The standard InChI is InChI=1S/C27H32ClN5O3/c1-26(2)13-22(34)33(25(29)32-26)23(15-6-5-9-30-14-15)18-11-19(18)24(35)31-20-12-27(3,4)36-21-10-16(28)7-8-17(20)21/h5-10,14,18-20,23H,11-13H2,1-4H3,(H2,29,32)(H,31,35). The van der Waals surface area contributed by atoms with Crippen LogP contribution in [0.15, 0.2) is 47.7 Å². The number of nitrogens with one attached hydrogen (secondary N) is 1. The lowest BCUT2D eigenvalue weighted by molar-refractivity contribution is -0.132. The van der Waals surface area contributed by atoms with Gasteiger partial charge in [-0.3, -0.25) is 19.5 Å². The van der Waals surface area contributed by atoms with Crippen LogP contribution in [0.2, 0.25) is 5.02 Å². The van der Waals surface area contributed by atoms with E-state index in [0.717, 1.165) is 11.1 Å². The molecule has 2 aromatic rings. The predicted octanol–water partition coefficient (Wildman–Crippen LogP) is 4.16. The van der Waals surface area contributed by atoms with Crippen LogP contribution in [-0.4, -0.2) is 38.8 Å². The van der Waals surface area contributed by atoms with Crippen molar-refractivity contribution < 1.29 is 14.3 Å². The molecule has 8 nitrogen and oxygen atoms in total. The number of aromatic nitrogens is 1. The number of hydrogen-bond donors (Lipinski definition) is 2. The lowest BCUT2D eigenvalue weighted by Crippen LogP contribution is -2.52. The number of ether oxygens (including phenoxy) is 1. The zero-order valence-corrected chi connectivity index (χ0v) is 21.7. The summed E-state index contributed by atoms with van der Waals surface area (Å²) in [6.07, 6.45) is 4.96. The summed E-state index contributed by atoms with van der Waals surface area (Å²) >= 11 is 6.19. The predicted molar refractivity (Wildman–Crippen MR) is 137 cm³/mol. The van der Waals surface area contributed by atoms with Crippen molar-refractivity contribution in [1.82, 2.24) is 15.2 Å². The third-order valence-electron chi connectivity index (χ3n) is 7.15. The molecule has 2 amide bonds. The Morgan fingerprint density at radius 1 is 1.28 bits per heavy atom. The average molecular weight is 510 g/mol. The molecule has 1 saturated carbocycles. The zero-order chi connectivity index (χ0) is 25.8. The van der Waals surface area contributed by atoms with Gasteiger partial charge in [-0.2, -0.15) is 0 Å². The number of nitrogens with zero attached hydrogens (tertiary/aromatic N) is 3. The van der Waals surface area contributed by atoms with Gasteiger partial charge < -0.3 is 15.8 Å². The average Bonchev–Trinajstić information content (AvgIpc) is 3.55. The van der Waals surface area contributed by atoms with E-state index >= 15 is 0 Å². The highest BCUT2D eigenvalue weighted by atomic mass is 35.5. The Kier molecular flexibility index (Phi) is 5.98. The number of hydrogen-bond acceptors (Lipinski definition) is 6. The summed E-state index contributed by atoms with van der Waals surface area (Å²) in [6, 6.07) is 8.66. The molecule has 1 aromatic heterocycles. The number of halogens is 1. The maximum atomic E-state index is 13.5. The van der Waals surface area contributed by atoms with E-state index in [0.29, 0.717) is 23.6 Å². The molecule has 1 fully saturated rings. The van der Waals surface area contributed by atoms with Crippen LogP contribution in [0.5, 0.6) is 5.75 Å². The third-order valence-corrected chi connectivity index (χ3v) is 7.39. The molecule has 5 rings (SSSR count). The van der Waals surface area contributed by atoms with Crippen molar-refractivity contribution in [2.45, 2.75) is 70.2 Å². The minimum absolute atomic E-state index is 0.0437. The van der Waals surface area contributed by atoms with E-state index in [2.05, 4.69) is 15.3 Å². The fraction of sp³-hybridized carbons (Fsp3) is 0.481. The molecule has 1 aromatic carbocycles. The molecular formula is C27H32ClN5O3. The lowest BCUT2D eigenvalue weighted by atomic mass is 9.89. The number of amides is 2. The first kappa shape index (κ1) is 24.6. The molecule has 3 heterocycles. The molecule has 0 bridgehead atoms. The number of aliphatic imine (C=N–C) groups is 1. The van der Waals surface area contributed by atoms with Gasteiger partial charge in [-0.1, -0.05) is 23.7 Å². The van der Waals surface area contributed by atoms with Gasteiger partial charge in [-0.15, -0.1) is 0 Å². The summed E-state index contributed by atoms with van der Waals surface area (Å²) < 4.78 is 6.11. The Hall–Kier alpha value is -3.13. The van der Waals surface area contributed by atoms with Gasteiger partial charge in [0, 0.05) is 35.3 Å². The highest BCUT2D eigenvalue weighted by molar-refractivity contribution is 6.30. The third kappa shape index (κ3) is 4.78. The minimum Gasteiger partial charge on any atom is -0.487 e. The van der Waals surface area contributed by atoms with Crippen molar-refractivity contribution in [3.05, 3.63) is 58.9 Å². The molecule has 3 aliphatic rings. The maximum absolute atomic E-state index is 13.5. The Morgan fingerprint density at radius 2 is 2.06 bits per heavy atom. The molecule has 36 heavy (non-hydrogen) atoms. The van der Waals surface area contributed by atoms with Crippen LogP contribution in [0.25, 0.3) is 0 Å². The number of carbonyl (C=O) groups excluding carboxylic acids is 2. The van der Waals surface area contributed by atoms with Crippen molar-refractivity contribution >= 4 is 29.4 Å². The molecule has 3 N–H and O–H groups in total. The first-order valence-corrected chi connectivity index (χ1v) is 12.7.